The third kappa shape index (κ3) is 3.09. The zero-order valence-corrected chi connectivity index (χ0v) is 11.2. The molecule has 2 aromatic rings. The minimum absolute atomic E-state index is 0.180. The van der Waals surface area contributed by atoms with Crippen LogP contribution in [0.15, 0.2) is 28.9 Å². The van der Waals surface area contributed by atoms with Crippen LogP contribution in [-0.2, 0) is 6.18 Å². The maximum atomic E-state index is 13.2. The molecule has 0 aliphatic heterocycles. The quantitative estimate of drug-likeness (QED) is 0.571. The van der Waals surface area contributed by atoms with Crippen molar-refractivity contribution in [3.63, 3.8) is 0 Å². The van der Waals surface area contributed by atoms with Crippen LogP contribution in [-0.4, -0.2) is 9.97 Å². The number of benzene rings is 1. The second-order valence-corrected chi connectivity index (χ2v) is 4.63. The van der Waals surface area contributed by atoms with Gasteiger partial charge in [0.15, 0.2) is 0 Å². The maximum absolute atomic E-state index is 13.2. The topological polar surface area (TPSA) is 25.8 Å². The minimum Gasteiger partial charge on any atom is -0.233 e. The molecule has 0 saturated carbocycles. The van der Waals surface area contributed by atoms with Crippen molar-refractivity contribution < 1.29 is 17.6 Å². The van der Waals surface area contributed by atoms with Gasteiger partial charge in [-0.1, -0.05) is 0 Å². The largest absolute Gasteiger partial charge is 0.419 e. The molecule has 0 aliphatic rings. The second-order valence-electron chi connectivity index (χ2n) is 3.82. The van der Waals surface area contributed by atoms with E-state index in [9.17, 15) is 17.6 Å². The molecule has 0 bridgehead atoms. The van der Waals surface area contributed by atoms with Gasteiger partial charge in [-0.15, -0.1) is 0 Å². The predicted octanol–water partition coefficient (Wildman–Crippen LogP) is 4.37. The molecule has 0 saturated heterocycles. The normalized spacial score (nSPS) is 11.7. The second kappa shape index (κ2) is 4.88. The van der Waals surface area contributed by atoms with Gasteiger partial charge in [0.2, 0.25) is 0 Å². The molecule has 19 heavy (non-hydrogen) atoms. The SMILES string of the molecule is Cc1nc(Br)cc(-c2ccc(F)c(C(F)(F)F)c2)n1. The van der Waals surface area contributed by atoms with Crippen molar-refractivity contribution in [3.05, 3.63) is 46.1 Å². The van der Waals surface area contributed by atoms with Crippen LogP contribution in [0.5, 0.6) is 0 Å². The van der Waals surface area contributed by atoms with Gasteiger partial charge in [0.05, 0.1) is 11.3 Å². The first-order valence-electron chi connectivity index (χ1n) is 5.15. The average molecular weight is 335 g/mol. The lowest BCUT2D eigenvalue weighted by molar-refractivity contribution is -0.139. The first-order valence-corrected chi connectivity index (χ1v) is 5.95. The molecule has 0 atom stereocenters. The van der Waals surface area contributed by atoms with E-state index in [2.05, 4.69) is 25.9 Å². The Balaban J connectivity index is 2.58. The predicted molar refractivity (Wildman–Crippen MR) is 64.9 cm³/mol. The third-order valence-electron chi connectivity index (χ3n) is 2.37. The smallest absolute Gasteiger partial charge is 0.233 e. The molecule has 0 unspecified atom stereocenters. The van der Waals surface area contributed by atoms with Gasteiger partial charge in [-0.3, -0.25) is 0 Å². The van der Waals surface area contributed by atoms with Crippen LogP contribution in [0.4, 0.5) is 17.6 Å². The van der Waals surface area contributed by atoms with E-state index in [0.29, 0.717) is 16.1 Å². The highest BCUT2D eigenvalue weighted by Crippen LogP contribution is 2.34. The summed E-state index contributed by atoms with van der Waals surface area (Å²) in [5.74, 6) is -0.900. The summed E-state index contributed by atoms with van der Waals surface area (Å²) >= 11 is 3.14. The lowest BCUT2D eigenvalue weighted by atomic mass is 10.1. The summed E-state index contributed by atoms with van der Waals surface area (Å²) in [6.45, 7) is 1.61. The molecule has 1 heterocycles. The molecule has 0 radical (unpaired) electrons. The number of halogens is 5. The molecule has 0 aliphatic carbocycles. The van der Waals surface area contributed by atoms with Crippen molar-refractivity contribution in [2.45, 2.75) is 13.1 Å². The minimum atomic E-state index is -4.74. The molecule has 1 aromatic heterocycles. The maximum Gasteiger partial charge on any atom is 0.419 e. The summed E-state index contributed by atoms with van der Waals surface area (Å²) in [4.78, 5) is 7.98. The standard InChI is InChI=1S/C12H7BrF4N2/c1-6-18-10(5-11(13)19-6)7-2-3-9(14)8(4-7)12(15,16)17/h2-5H,1H3. The van der Waals surface area contributed by atoms with E-state index in [1.807, 2.05) is 0 Å². The van der Waals surface area contributed by atoms with Gasteiger partial charge in [-0.25, -0.2) is 14.4 Å². The van der Waals surface area contributed by atoms with Crippen LogP contribution in [0, 0.1) is 12.7 Å². The van der Waals surface area contributed by atoms with Crippen LogP contribution in [0.3, 0.4) is 0 Å². The zero-order chi connectivity index (χ0) is 14.2. The lowest BCUT2D eigenvalue weighted by Gasteiger charge is -2.10. The zero-order valence-electron chi connectivity index (χ0n) is 9.59. The molecule has 7 heteroatoms. The molecule has 0 amide bonds. The van der Waals surface area contributed by atoms with Gasteiger partial charge in [-0.05, 0) is 47.1 Å². The third-order valence-corrected chi connectivity index (χ3v) is 2.78. The Bertz CT molecular complexity index is 605. The van der Waals surface area contributed by atoms with E-state index in [1.54, 1.807) is 6.92 Å². The van der Waals surface area contributed by atoms with Crippen molar-refractivity contribution in [2.24, 2.45) is 0 Å². The first-order chi connectivity index (χ1) is 8.77. The highest BCUT2D eigenvalue weighted by Gasteiger charge is 2.34. The Hall–Kier alpha value is -1.50. The van der Waals surface area contributed by atoms with Gasteiger partial charge in [-0.2, -0.15) is 13.2 Å². The van der Waals surface area contributed by atoms with Crippen LogP contribution >= 0.6 is 15.9 Å². The monoisotopic (exact) mass is 334 g/mol. The molecule has 2 rings (SSSR count). The van der Waals surface area contributed by atoms with E-state index in [0.717, 1.165) is 12.1 Å². The molecule has 100 valence electrons. The van der Waals surface area contributed by atoms with Gasteiger partial charge in [0.25, 0.3) is 0 Å². The van der Waals surface area contributed by atoms with Crippen LogP contribution in [0.1, 0.15) is 11.4 Å². The summed E-state index contributed by atoms with van der Waals surface area (Å²) in [5.41, 5.74) is -0.831. The van der Waals surface area contributed by atoms with E-state index in [4.69, 9.17) is 0 Å². The number of aromatic nitrogens is 2. The number of nitrogens with zero attached hydrogens (tertiary/aromatic N) is 2. The molecule has 1 aromatic carbocycles. The summed E-state index contributed by atoms with van der Waals surface area (Å²) < 4.78 is 51.5. The Kier molecular flexibility index (Phi) is 3.58. The van der Waals surface area contributed by atoms with Crippen molar-refractivity contribution in [1.29, 1.82) is 0 Å². The molecular formula is C12H7BrF4N2. The number of rotatable bonds is 1. The molecule has 2 nitrogen and oxygen atoms in total. The average Bonchev–Trinajstić information content (AvgIpc) is 2.26. The molecule has 0 N–H and O–H groups in total. The van der Waals surface area contributed by atoms with Gasteiger partial charge >= 0.3 is 6.18 Å². The number of hydrogen-bond donors (Lipinski definition) is 0. The van der Waals surface area contributed by atoms with Crippen molar-refractivity contribution in [2.75, 3.05) is 0 Å². The molecular weight excluding hydrogens is 328 g/mol. The molecule has 0 spiro atoms. The van der Waals surface area contributed by atoms with Crippen LogP contribution in [0.25, 0.3) is 11.3 Å². The summed E-state index contributed by atoms with van der Waals surface area (Å²) in [6.07, 6.45) is -4.74. The van der Waals surface area contributed by atoms with E-state index >= 15 is 0 Å². The summed E-state index contributed by atoms with van der Waals surface area (Å²) in [5, 5.41) is 0. The Morgan fingerprint density at radius 2 is 1.79 bits per heavy atom. The fourth-order valence-electron chi connectivity index (χ4n) is 1.58. The molecule has 0 fully saturated rings. The van der Waals surface area contributed by atoms with E-state index in [-0.39, 0.29) is 5.56 Å². The van der Waals surface area contributed by atoms with E-state index < -0.39 is 17.6 Å². The van der Waals surface area contributed by atoms with Crippen molar-refractivity contribution in [1.82, 2.24) is 9.97 Å². The van der Waals surface area contributed by atoms with Crippen LogP contribution < -0.4 is 0 Å². The van der Waals surface area contributed by atoms with Gasteiger partial charge in [0.1, 0.15) is 16.2 Å². The number of aryl methyl sites for hydroxylation is 1. The van der Waals surface area contributed by atoms with Gasteiger partial charge < -0.3 is 0 Å². The Morgan fingerprint density at radius 1 is 1.11 bits per heavy atom. The summed E-state index contributed by atoms with van der Waals surface area (Å²) in [7, 11) is 0. The van der Waals surface area contributed by atoms with Crippen molar-refractivity contribution in [3.8, 4) is 11.3 Å². The van der Waals surface area contributed by atoms with Crippen molar-refractivity contribution >= 4 is 15.9 Å². The number of hydrogen-bond acceptors (Lipinski definition) is 2. The Labute approximate surface area is 114 Å². The fraction of sp³-hybridized carbons (Fsp3) is 0.167. The summed E-state index contributed by atoms with van der Waals surface area (Å²) in [6, 6.07) is 4.24. The Morgan fingerprint density at radius 3 is 2.37 bits per heavy atom. The highest BCUT2D eigenvalue weighted by molar-refractivity contribution is 9.10. The number of alkyl halides is 3. The first kappa shape index (κ1) is 13.9. The fourth-order valence-corrected chi connectivity index (χ4v) is 2.05. The van der Waals surface area contributed by atoms with E-state index in [1.165, 1.54) is 12.1 Å². The van der Waals surface area contributed by atoms with Crippen LogP contribution in [0.2, 0.25) is 0 Å². The lowest BCUT2D eigenvalue weighted by Crippen LogP contribution is -2.08. The highest BCUT2D eigenvalue weighted by atomic mass is 79.9. The van der Waals surface area contributed by atoms with Gasteiger partial charge in [0, 0.05) is 5.56 Å².